The zero-order valence-electron chi connectivity index (χ0n) is 9.06. The number of nitrogens with zero attached hydrogens (tertiary/aromatic N) is 2. The van der Waals surface area contributed by atoms with Gasteiger partial charge in [0.2, 0.25) is 0 Å². The van der Waals surface area contributed by atoms with E-state index in [-0.39, 0.29) is 0 Å². The number of carbonyl (C=O) groups is 1. The molecule has 0 aliphatic carbocycles. The van der Waals surface area contributed by atoms with Gasteiger partial charge in [0.15, 0.2) is 5.69 Å². The molecule has 6 nitrogen and oxygen atoms in total. The largest absolute Gasteiger partial charge is 0.461 e. The number of ether oxygens (including phenoxy) is 1. The summed E-state index contributed by atoms with van der Waals surface area (Å²) >= 11 is 0. The third-order valence-corrected chi connectivity index (χ3v) is 2.56. The lowest BCUT2D eigenvalue weighted by Gasteiger charge is -1.98. The van der Waals surface area contributed by atoms with Gasteiger partial charge in [-0.05, 0) is 19.1 Å². The molecular formula is C11H9N3O3. The lowest BCUT2D eigenvalue weighted by Crippen LogP contribution is -2.05. The Kier molecular flexibility index (Phi) is 2.07. The van der Waals surface area contributed by atoms with Crippen molar-refractivity contribution in [2.75, 3.05) is 6.61 Å². The normalized spacial score (nSPS) is 11.1. The van der Waals surface area contributed by atoms with E-state index < -0.39 is 5.97 Å². The first-order valence-electron chi connectivity index (χ1n) is 5.20. The monoisotopic (exact) mass is 231 g/mol. The number of H-pyrrole nitrogens is 1. The van der Waals surface area contributed by atoms with Gasteiger partial charge in [-0.2, -0.15) is 5.16 Å². The van der Waals surface area contributed by atoms with Crippen molar-refractivity contribution in [2.45, 2.75) is 6.92 Å². The van der Waals surface area contributed by atoms with Crippen molar-refractivity contribution >= 4 is 27.8 Å². The molecule has 1 aromatic carbocycles. The van der Waals surface area contributed by atoms with Gasteiger partial charge in [-0.3, -0.25) is 4.63 Å². The van der Waals surface area contributed by atoms with Gasteiger partial charge in [-0.15, -0.1) is 0 Å². The minimum atomic E-state index is -0.422. The highest BCUT2D eigenvalue weighted by Gasteiger charge is 2.16. The van der Waals surface area contributed by atoms with Crippen LogP contribution in [0.3, 0.4) is 0 Å². The number of hydrogen-bond acceptors (Lipinski definition) is 5. The van der Waals surface area contributed by atoms with Crippen LogP contribution in [0, 0.1) is 0 Å². The first-order valence-corrected chi connectivity index (χ1v) is 5.20. The molecule has 0 saturated carbocycles. The van der Waals surface area contributed by atoms with E-state index in [4.69, 9.17) is 9.37 Å². The lowest BCUT2D eigenvalue weighted by atomic mass is 10.1. The van der Waals surface area contributed by atoms with E-state index in [0.717, 1.165) is 16.3 Å². The molecule has 17 heavy (non-hydrogen) atoms. The van der Waals surface area contributed by atoms with Gasteiger partial charge in [-0.25, -0.2) is 9.78 Å². The number of fused-ring (bicyclic) bond motifs is 3. The molecule has 0 amide bonds. The number of nitrogens with one attached hydrogen (secondary N) is 1. The smallest absolute Gasteiger partial charge is 0.357 e. The Hall–Kier alpha value is -2.37. The van der Waals surface area contributed by atoms with Crippen LogP contribution in [-0.2, 0) is 4.74 Å². The van der Waals surface area contributed by atoms with E-state index in [9.17, 15) is 4.79 Å². The highest BCUT2D eigenvalue weighted by molar-refractivity contribution is 6.11. The van der Waals surface area contributed by atoms with Gasteiger partial charge in [0.1, 0.15) is 11.0 Å². The Morgan fingerprint density at radius 2 is 2.35 bits per heavy atom. The molecule has 0 radical (unpaired) electrons. The van der Waals surface area contributed by atoms with E-state index >= 15 is 0 Å². The summed E-state index contributed by atoms with van der Waals surface area (Å²) in [4.78, 5) is 15.7. The standard InChI is InChI=1S/C11H9N3O3/c1-2-16-11(15)10-6-3-4-8-9(14-17-13-8)7(6)5-12-10/h3-5,13H,2H2,1H3. The van der Waals surface area contributed by atoms with Crippen molar-refractivity contribution in [3.05, 3.63) is 24.0 Å². The highest BCUT2D eigenvalue weighted by Crippen LogP contribution is 2.25. The number of benzene rings is 1. The summed E-state index contributed by atoms with van der Waals surface area (Å²) in [7, 11) is 0. The molecule has 0 bridgehead atoms. The van der Waals surface area contributed by atoms with Crippen molar-refractivity contribution in [3.63, 3.8) is 0 Å². The van der Waals surface area contributed by atoms with Crippen LogP contribution in [0.25, 0.3) is 21.8 Å². The quantitative estimate of drug-likeness (QED) is 0.681. The first kappa shape index (κ1) is 9.83. The topological polar surface area (TPSA) is 81.0 Å². The van der Waals surface area contributed by atoms with E-state index in [1.54, 1.807) is 25.3 Å². The third-order valence-electron chi connectivity index (χ3n) is 2.56. The van der Waals surface area contributed by atoms with E-state index in [1.165, 1.54) is 0 Å². The number of carbonyl (C=O) groups excluding carboxylic acids is 1. The molecule has 2 heterocycles. The van der Waals surface area contributed by atoms with Crippen LogP contribution < -0.4 is 0 Å². The molecule has 0 spiro atoms. The number of aromatic amines is 1. The number of esters is 1. The third kappa shape index (κ3) is 1.37. The molecule has 0 unspecified atom stereocenters. The zero-order chi connectivity index (χ0) is 11.8. The summed E-state index contributed by atoms with van der Waals surface area (Å²) in [6.07, 6.45) is 1.60. The van der Waals surface area contributed by atoms with Crippen LogP contribution in [0.15, 0.2) is 23.0 Å². The van der Waals surface area contributed by atoms with Gasteiger partial charge >= 0.3 is 5.97 Å². The minimum Gasteiger partial charge on any atom is -0.461 e. The summed E-state index contributed by atoms with van der Waals surface area (Å²) in [6, 6.07) is 3.59. The fraction of sp³-hybridized carbons (Fsp3) is 0.182. The molecule has 1 N–H and O–H groups in total. The van der Waals surface area contributed by atoms with Gasteiger partial charge in [0.05, 0.1) is 6.61 Å². The molecule has 0 fully saturated rings. The second-order valence-corrected chi connectivity index (χ2v) is 3.53. The van der Waals surface area contributed by atoms with E-state index in [2.05, 4.69) is 15.3 Å². The highest BCUT2D eigenvalue weighted by atomic mass is 16.6. The molecule has 6 heteroatoms. The van der Waals surface area contributed by atoms with E-state index in [1.807, 2.05) is 0 Å². The summed E-state index contributed by atoms with van der Waals surface area (Å²) in [5.74, 6) is -0.422. The van der Waals surface area contributed by atoms with Crippen LogP contribution in [-0.4, -0.2) is 27.9 Å². The molecule has 2 aromatic heterocycles. The summed E-state index contributed by atoms with van der Waals surface area (Å²) in [6.45, 7) is 2.08. The average molecular weight is 231 g/mol. The van der Waals surface area contributed by atoms with Crippen LogP contribution in [0.1, 0.15) is 17.4 Å². The Labute approximate surface area is 95.5 Å². The summed E-state index contributed by atoms with van der Waals surface area (Å²) in [5.41, 5.74) is 1.73. The fourth-order valence-corrected chi connectivity index (χ4v) is 1.80. The van der Waals surface area contributed by atoms with Crippen LogP contribution in [0.4, 0.5) is 0 Å². The Morgan fingerprint density at radius 1 is 1.47 bits per heavy atom. The molecule has 0 atom stereocenters. The second-order valence-electron chi connectivity index (χ2n) is 3.53. The molecule has 3 aromatic rings. The van der Waals surface area contributed by atoms with Crippen molar-refractivity contribution in [1.82, 2.24) is 15.3 Å². The predicted molar refractivity (Wildman–Crippen MR) is 59.6 cm³/mol. The Balaban J connectivity index is 2.25. The van der Waals surface area contributed by atoms with Crippen molar-refractivity contribution < 1.29 is 14.2 Å². The Morgan fingerprint density at radius 3 is 3.18 bits per heavy atom. The number of hydrogen-bond donors (Lipinski definition) is 1. The first-order chi connectivity index (χ1) is 8.31. The predicted octanol–water partition coefficient (Wildman–Crippen LogP) is 1.88. The SMILES string of the molecule is CCOC(=O)c1ncc2c1ccc1[nH]onc12. The molecule has 0 saturated heterocycles. The van der Waals surface area contributed by atoms with Crippen LogP contribution in [0.2, 0.25) is 0 Å². The maximum atomic E-state index is 11.7. The van der Waals surface area contributed by atoms with Crippen LogP contribution >= 0.6 is 0 Å². The lowest BCUT2D eigenvalue weighted by molar-refractivity contribution is 0.0522. The summed E-state index contributed by atoms with van der Waals surface area (Å²) in [5, 5.41) is 7.98. The van der Waals surface area contributed by atoms with Crippen molar-refractivity contribution in [2.24, 2.45) is 0 Å². The molecular weight excluding hydrogens is 222 g/mol. The van der Waals surface area contributed by atoms with Crippen molar-refractivity contribution in [1.29, 1.82) is 0 Å². The van der Waals surface area contributed by atoms with Gasteiger partial charge < -0.3 is 4.74 Å². The number of rotatable bonds is 2. The molecule has 0 aliphatic rings. The van der Waals surface area contributed by atoms with E-state index in [0.29, 0.717) is 17.8 Å². The molecule has 3 rings (SSSR count). The van der Waals surface area contributed by atoms with Gasteiger partial charge in [-0.1, -0.05) is 5.16 Å². The fourth-order valence-electron chi connectivity index (χ4n) is 1.80. The van der Waals surface area contributed by atoms with Gasteiger partial charge in [0.25, 0.3) is 0 Å². The average Bonchev–Trinajstić information content (AvgIpc) is 2.94. The number of aromatic nitrogens is 3. The second kappa shape index (κ2) is 3.58. The minimum absolute atomic E-state index is 0.312. The maximum Gasteiger partial charge on any atom is 0.357 e. The van der Waals surface area contributed by atoms with Gasteiger partial charge in [0, 0.05) is 17.0 Å². The molecule has 86 valence electrons. The zero-order valence-corrected chi connectivity index (χ0v) is 9.06. The van der Waals surface area contributed by atoms with Crippen molar-refractivity contribution in [3.8, 4) is 0 Å². The maximum absolute atomic E-state index is 11.7. The molecule has 0 aliphatic heterocycles. The summed E-state index contributed by atoms with van der Waals surface area (Å²) < 4.78 is 9.71. The van der Waals surface area contributed by atoms with Crippen LogP contribution in [0.5, 0.6) is 0 Å². The Bertz CT molecular complexity index is 698.